The molecule has 0 amide bonds. The molecule has 4 rings (SSSR count). The Morgan fingerprint density at radius 2 is 1.88 bits per heavy atom. The molecule has 0 saturated heterocycles. The van der Waals surface area contributed by atoms with E-state index >= 15 is 0 Å². The summed E-state index contributed by atoms with van der Waals surface area (Å²) in [5.41, 5.74) is 5.78. The number of hydrogen-bond donors (Lipinski definition) is 0. The quantitative estimate of drug-likeness (QED) is 0.643. The molecule has 132 valence electrons. The first-order valence-electron chi connectivity index (χ1n) is 8.56. The first kappa shape index (κ1) is 17.2. The highest BCUT2D eigenvalue weighted by atomic mass is 79.9. The van der Waals surface area contributed by atoms with Gasteiger partial charge in [-0.05, 0) is 59.9 Å². The highest BCUT2D eigenvalue weighted by molar-refractivity contribution is 9.10. The van der Waals surface area contributed by atoms with Crippen LogP contribution in [0.25, 0.3) is 5.57 Å². The van der Waals surface area contributed by atoms with Crippen LogP contribution in [-0.2, 0) is 11.8 Å². The number of Topliss-reactive ketones (excluding diaryl/α,β-unsaturated/α-hetero) is 2. The summed E-state index contributed by atoms with van der Waals surface area (Å²) < 4.78 is 6.45. The van der Waals surface area contributed by atoms with E-state index in [1.165, 1.54) is 6.92 Å². The van der Waals surface area contributed by atoms with Crippen molar-refractivity contribution in [1.82, 2.24) is 0 Å². The molecule has 4 heteroatoms. The summed E-state index contributed by atoms with van der Waals surface area (Å²) in [6.45, 7) is 5.78. The van der Waals surface area contributed by atoms with Crippen LogP contribution >= 0.6 is 15.9 Å². The zero-order valence-electron chi connectivity index (χ0n) is 15.2. The van der Waals surface area contributed by atoms with E-state index in [0.717, 1.165) is 38.7 Å². The number of ether oxygens (including phenoxy) is 1. The highest BCUT2D eigenvalue weighted by Gasteiger charge is 2.43. The van der Waals surface area contributed by atoms with Crippen LogP contribution < -0.4 is 4.74 Å². The zero-order valence-corrected chi connectivity index (χ0v) is 16.8. The molecule has 0 aromatic heterocycles. The molecule has 0 unspecified atom stereocenters. The van der Waals surface area contributed by atoms with Crippen LogP contribution in [0.1, 0.15) is 58.2 Å². The number of rotatable bonds is 2. The molecule has 0 aliphatic heterocycles. The molecule has 26 heavy (non-hydrogen) atoms. The van der Waals surface area contributed by atoms with E-state index in [2.05, 4.69) is 35.8 Å². The van der Waals surface area contributed by atoms with Gasteiger partial charge in [-0.15, -0.1) is 0 Å². The maximum absolute atomic E-state index is 13.4. The van der Waals surface area contributed by atoms with E-state index in [9.17, 15) is 9.59 Å². The molecule has 2 aliphatic carbocycles. The Balaban J connectivity index is 1.99. The number of methoxy groups -OCH3 is 1. The Kier molecular flexibility index (Phi) is 3.74. The van der Waals surface area contributed by atoms with Gasteiger partial charge in [0, 0.05) is 21.0 Å². The van der Waals surface area contributed by atoms with Crippen LogP contribution in [0.15, 0.2) is 40.4 Å². The number of halogens is 1. The van der Waals surface area contributed by atoms with Crippen molar-refractivity contribution in [3.05, 3.63) is 68.2 Å². The van der Waals surface area contributed by atoms with E-state index in [1.807, 2.05) is 18.2 Å². The Morgan fingerprint density at radius 3 is 2.54 bits per heavy atom. The second kappa shape index (κ2) is 5.65. The minimum atomic E-state index is -0.313. The van der Waals surface area contributed by atoms with Gasteiger partial charge in [0.1, 0.15) is 5.75 Å². The van der Waals surface area contributed by atoms with Crippen LogP contribution in [0.4, 0.5) is 0 Å². The molecule has 2 aromatic rings. The molecule has 0 fully saturated rings. The van der Waals surface area contributed by atoms with Gasteiger partial charge in [0.05, 0.1) is 12.7 Å². The fourth-order valence-electron chi connectivity index (χ4n) is 4.21. The molecule has 0 bridgehead atoms. The summed E-state index contributed by atoms with van der Waals surface area (Å²) in [7, 11) is 1.56. The number of fused-ring (bicyclic) bond motifs is 3. The minimum absolute atomic E-state index is 0.000510. The Labute approximate surface area is 161 Å². The first-order chi connectivity index (χ1) is 12.3. The third kappa shape index (κ3) is 2.25. The van der Waals surface area contributed by atoms with Gasteiger partial charge < -0.3 is 4.74 Å². The van der Waals surface area contributed by atoms with Crippen molar-refractivity contribution in [2.45, 2.75) is 32.6 Å². The molecule has 0 atom stereocenters. The lowest BCUT2D eigenvalue weighted by molar-refractivity contribution is 0.101. The van der Waals surface area contributed by atoms with Crippen LogP contribution in [0.3, 0.4) is 0 Å². The van der Waals surface area contributed by atoms with Crippen LogP contribution in [0.5, 0.6) is 5.75 Å². The summed E-state index contributed by atoms with van der Waals surface area (Å²) in [5, 5.41) is 0. The Morgan fingerprint density at radius 1 is 1.15 bits per heavy atom. The summed E-state index contributed by atoms with van der Waals surface area (Å²) in [6.07, 6.45) is 0.763. The van der Waals surface area contributed by atoms with E-state index in [4.69, 9.17) is 4.74 Å². The number of carbonyl (C=O) groups is 2. The summed E-state index contributed by atoms with van der Waals surface area (Å²) in [4.78, 5) is 25.4. The fraction of sp³-hybridized carbons (Fsp3) is 0.273. The molecule has 2 aliphatic rings. The van der Waals surface area contributed by atoms with Crippen molar-refractivity contribution >= 4 is 33.1 Å². The fourth-order valence-corrected chi connectivity index (χ4v) is 4.62. The minimum Gasteiger partial charge on any atom is -0.496 e. The average molecular weight is 411 g/mol. The smallest absolute Gasteiger partial charge is 0.193 e. The van der Waals surface area contributed by atoms with Crippen molar-refractivity contribution in [3.63, 3.8) is 0 Å². The number of hydrogen-bond acceptors (Lipinski definition) is 3. The highest BCUT2D eigenvalue weighted by Crippen LogP contribution is 2.51. The average Bonchev–Trinajstić information content (AvgIpc) is 2.98. The van der Waals surface area contributed by atoms with Gasteiger partial charge in [0.25, 0.3) is 0 Å². The molecule has 0 spiro atoms. The maximum Gasteiger partial charge on any atom is 0.193 e. The third-order valence-electron chi connectivity index (χ3n) is 5.62. The van der Waals surface area contributed by atoms with Crippen molar-refractivity contribution in [3.8, 4) is 5.75 Å². The molecule has 0 saturated carbocycles. The second-order valence-corrected chi connectivity index (χ2v) is 8.36. The normalized spacial score (nSPS) is 16.9. The monoisotopic (exact) mass is 410 g/mol. The van der Waals surface area contributed by atoms with Gasteiger partial charge in [-0.25, -0.2) is 0 Å². The van der Waals surface area contributed by atoms with Crippen molar-refractivity contribution in [2.24, 2.45) is 0 Å². The Bertz CT molecular complexity index is 1030. The molecular formula is C22H19BrO3. The number of benzene rings is 2. The Hall–Kier alpha value is -2.20. The van der Waals surface area contributed by atoms with Crippen LogP contribution in [-0.4, -0.2) is 18.7 Å². The lowest BCUT2D eigenvalue weighted by Crippen LogP contribution is -2.30. The summed E-state index contributed by atoms with van der Waals surface area (Å²) >= 11 is 3.52. The van der Waals surface area contributed by atoms with Gasteiger partial charge >= 0.3 is 0 Å². The van der Waals surface area contributed by atoms with Gasteiger partial charge in [-0.3, -0.25) is 9.59 Å². The zero-order chi connectivity index (χ0) is 18.8. The van der Waals surface area contributed by atoms with Gasteiger partial charge in [0.15, 0.2) is 11.6 Å². The summed E-state index contributed by atoms with van der Waals surface area (Å²) in [5.74, 6) is 0.422. The third-order valence-corrected chi connectivity index (χ3v) is 6.12. The van der Waals surface area contributed by atoms with E-state index < -0.39 is 0 Å². The SMILES string of the molecule is COc1cc2c(cc1C(C)=O)C(=O)C1=C(Cc3cc(Br)ccc31)C2(C)C. The molecule has 2 aromatic carbocycles. The second-order valence-electron chi connectivity index (χ2n) is 7.44. The lowest BCUT2D eigenvalue weighted by atomic mass is 9.68. The van der Waals surface area contributed by atoms with E-state index in [-0.39, 0.29) is 17.0 Å². The first-order valence-corrected chi connectivity index (χ1v) is 9.35. The van der Waals surface area contributed by atoms with Gasteiger partial charge in [-0.1, -0.05) is 35.8 Å². The van der Waals surface area contributed by atoms with Crippen LogP contribution in [0.2, 0.25) is 0 Å². The standard InChI is InChI=1S/C22H19BrO3/c1-11(24)15-9-16-17(10-19(15)26-4)22(2,3)18-8-12-7-13(23)5-6-14(12)20(18)21(16)25/h5-7,9-10H,8H2,1-4H3. The van der Waals surface area contributed by atoms with Crippen molar-refractivity contribution < 1.29 is 14.3 Å². The summed E-state index contributed by atoms with van der Waals surface area (Å²) in [6, 6.07) is 9.65. The molecule has 0 heterocycles. The van der Waals surface area contributed by atoms with Gasteiger partial charge in [0.2, 0.25) is 0 Å². The van der Waals surface area contributed by atoms with Crippen LogP contribution in [0, 0.1) is 0 Å². The van der Waals surface area contributed by atoms with Gasteiger partial charge in [-0.2, -0.15) is 0 Å². The number of ketones is 2. The van der Waals surface area contributed by atoms with Crippen molar-refractivity contribution in [1.29, 1.82) is 0 Å². The molecular weight excluding hydrogens is 392 g/mol. The molecule has 0 N–H and O–H groups in total. The van der Waals surface area contributed by atoms with Crippen molar-refractivity contribution in [2.75, 3.05) is 7.11 Å². The topological polar surface area (TPSA) is 43.4 Å². The predicted octanol–water partition coefficient (Wildman–Crippen LogP) is 5.14. The molecule has 0 radical (unpaired) electrons. The lowest BCUT2D eigenvalue weighted by Gasteiger charge is -2.35. The van der Waals surface area contributed by atoms with E-state index in [0.29, 0.717) is 16.9 Å². The largest absolute Gasteiger partial charge is 0.496 e. The van der Waals surface area contributed by atoms with E-state index in [1.54, 1.807) is 13.2 Å². The maximum atomic E-state index is 13.4. The molecule has 3 nitrogen and oxygen atoms in total. The number of allylic oxidation sites excluding steroid dienone is 2. The number of carbonyl (C=O) groups excluding carboxylic acids is 2. The predicted molar refractivity (Wildman–Crippen MR) is 105 cm³/mol.